The van der Waals surface area contributed by atoms with Crippen LogP contribution in [-0.2, 0) is 14.3 Å². The maximum atomic E-state index is 12.5. The van der Waals surface area contributed by atoms with E-state index in [1.165, 1.54) is 0 Å². The van der Waals surface area contributed by atoms with Crippen LogP contribution in [0, 0.1) is 5.92 Å². The number of hydrogen-bond acceptors (Lipinski definition) is 5. The Bertz CT molecular complexity index is 691. The molecule has 0 aromatic heterocycles. The third-order valence-corrected chi connectivity index (χ3v) is 5.62. The van der Waals surface area contributed by atoms with Gasteiger partial charge < -0.3 is 20.1 Å². The third-order valence-electron chi connectivity index (χ3n) is 4.95. The Balaban J connectivity index is 1.52. The summed E-state index contributed by atoms with van der Waals surface area (Å²) >= 11 is 3.45. The molecule has 2 atom stereocenters. The van der Waals surface area contributed by atoms with Crippen molar-refractivity contribution < 1.29 is 19.4 Å². The summed E-state index contributed by atoms with van der Waals surface area (Å²) in [6.07, 6.45) is 0.179. The van der Waals surface area contributed by atoms with Gasteiger partial charge in [0.25, 0.3) is 0 Å². The summed E-state index contributed by atoms with van der Waals surface area (Å²) in [7, 11) is 0. The van der Waals surface area contributed by atoms with Gasteiger partial charge in [0, 0.05) is 43.6 Å². The zero-order valence-electron chi connectivity index (χ0n) is 15.5. The van der Waals surface area contributed by atoms with Gasteiger partial charge in [0.15, 0.2) is 0 Å². The second-order valence-electron chi connectivity index (χ2n) is 7.46. The quantitative estimate of drug-likeness (QED) is 0.690. The molecule has 2 heterocycles. The average Bonchev–Trinajstić information content (AvgIpc) is 3.02. The minimum atomic E-state index is -1.03. The van der Waals surface area contributed by atoms with Crippen molar-refractivity contribution in [1.29, 1.82) is 0 Å². The number of rotatable bonds is 6. The molecule has 1 aromatic rings. The summed E-state index contributed by atoms with van der Waals surface area (Å²) in [5.41, 5.74) is -0.255. The van der Waals surface area contributed by atoms with E-state index in [0.29, 0.717) is 26.3 Å². The Labute approximate surface area is 167 Å². The first kappa shape index (κ1) is 20.3. The third kappa shape index (κ3) is 5.28. The van der Waals surface area contributed by atoms with E-state index < -0.39 is 11.5 Å². The van der Waals surface area contributed by atoms with E-state index in [-0.39, 0.29) is 24.8 Å². The minimum absolute atomic E-state index is 0.0675. The predicted molar refractivity (Wildman–Crippen MR) is 105 cm³/mol. The van der Waals surface area contributed by atoms with Crippen molar-refractivity contribution in [1.82, 2.24) is 10.2 Å². The van der Waals surface area contributed by atoms with Crippen LogP contribution in [0.25, 0.3) is 0 Å². The summed E-state index contributed by atoms with van der Waals surface area (Å²) in [6.45, 7) is 5.58. The first-order valence-electron chi connectivity index (χ1n) is 9.21. The lowest BCUT2D eigenvalue weighted by molar-refractivity contribution is -0.127. The fraction of sp³-hybridized carbons (Fsp3) is 0.579. The maximum absolute atomic E-state index is 12.5. The largest absolute Gasteiger partial charge is 0.387 e. The molecule has 0 spiro atoms. The topological polar surface area (TPSA) is 82.1 Å². The van der Waals surface area contributed by atoms with Crippen LogP contribution in [0.4, 0.5) is 5.69 Å². The SMILES string of the molecule is CC(O)(CNC(=O)C1CC(=O)N(c2ccccc2Br)C1)CN1CCOCC1. The van der Waals surface area contributed by atoms with Crippen molar-refractivity contribution in [3.05, 3.63) is 28.7 Å². The average molecular weight is 440 g/mol. The van der Waals surface area contributed by atoms with Crippen LogP contribution in [0.2, 0.25) is 0 Å². The van der Waals surface area contributed by atoms with Gasteiger partial charge in [-0.05, 0) is 35.0 Å². The molecule has 2 unspecified atom stereocenters. The molecule has 2 aliphatic rings. The van der Waals surface area contributed by atoms with Crippen molar-refractivity contribution in [3.8, 4) is 0 Å². The molecule has 2 amide bonds. The number of para-hydroxylation sites is 1. The highest BCUT2D eigenvalue weighted by atomic mass is 79.9. The predicted octanol–water partition coefficient (Wildman–Crippen LogP) is 1.00. The Hall–Kier alpha value is -1.48. The van der Waals surface area contributed by atoms with Gasteiger partial charge in [0.1, 0.15) is 0 Å². The molecular formula is C19H26BrN3O4. The summed E-state index contributed by atoms with van der Waals surface area (Å²) < 4.78 is 6.14. The normalized spacial score (nSPS) is 23.3. The molecule has 2 aliphatic heterocycles. The van der Waals surface area contributed by atoms with E-state index in [9.17, 15) is 14.7 Å². The molecule has 8 heteroatoms. The summed E-state index contributed by atoms with van der Waals surface area (Å²) in [4.78, 5) is 28.7. The molecule has 3 rings (SSSR count). The Morgan fingerprint density at radius 3 is 2.78 bits per heavy atom. The highest BCUT2D eigenvalue weighted by Crippen LogP contribution is 2.31. The highest BCUT2D eigenvalue weighted by Gasteiger charge is 2.36. The van der Waals surface area contributed by atoms with Gasteiger partial charge in [-0.3, -0.25) is 14.5 Å². The van der Waals surface area contributed by atoms with Crippen molar-refractivity contribution in [2.24, 2.45) is 5.92 Å². The van der Waals surface area contributed by atoms with Gasteiger partial charge in [0.05, 0.1) is 30.4 Å². The number of nitrogens with zero attached hydrogens (tertiary/aromatic N) is 2. The van der Waals surface area contributed by atoms with Crippen LogP contribution in [-0.4, -0.2) is 73.4 Å². The smallest absolute Gasteiger partial charge is 0.227 e. The Kier molecular flexibility index (Phi) is 6.52. The number of carbonyl (C=O) groups is 2. The number of benzene rings is 1. The first-order chi connectivity index (χ1) is 12.9. The van der Waals surface area contributed by atoms with E-state index in [1.807, 2.05) is 24.3 Å². The van der Waals surface area contributed by atoms with Crippen molar-refractivity contribution >= 4 is 33.4 Å². The lowest BCUT2D eigenvalue weighted by atomic mass is 10.0. The molecule has 2 saturated heterocycles. The minimum Gasteiger partial charge on any atom is -0.387 e. The van der Waals surface area contributed by atoms with E-state index in [0.717, 1.165) is 23.2 Å². The summed E-state index contributed by atoms with van der Waals surface area (Å²) in [5, 5.41) is 13.4. The number of hydrogen-bond donors (Lipinski definition) is 2. The van der Waals surface area contributed by atoms with Crippen LogP contribution in [0.15, 0.2) is 28.7 Å². The first-order valence-corrected chi connectivity index (χ1v) is 10.0. The Morgan fingerprint density at radius 2 is 2.07 bits per heavy atom. The van der Waals surface area contributed by atoms with Gasteiger partial charge in [-0.1, -0.05) is 12.1 Å². The molecular weight excluding hydrogens is 414 g/mol. The van der Waals surface area contributed by atoms with Crippen LogP contribution in [0.3, 0.4) is 0 Å². The number of nitrogens with one attached hydrogen (secondary N) is 1. The van der Waals surface area contributed by atoms with Crippen LogP contribution in [0.5, 0.6) is 0 Å². The van der Waals surface area contributed by atoms with Gasteiger partial charge in [-0.25, -0.2) is 0 Å². The van der Waals surface area contributed by atoms with Gasteiger partial charge in [0.2, 0.25) is 11.8 Å². The fourth-order valence-electron chi connectivity index (χ4n) is 3.51. The molecule has 148 valence electrons. The van der Waals surface area contributed by atoms with Crippen LogP contribution >= 0.6 is 15.9 Å². The fourth-order valence-corrected chi connectivity index (χ4v) is 4.00. The van der Waals surface area contributed by atoms with Gasteiger partial charge >= 0.3 is 0 Å². The number of morpholine rings is 1. The second kappa shape index (κ2) is 8.68. The number of halogens is 1. The zero-order chi connectivity index (χ0) is 19.4. The monoisotopic (exact) mass is 439 g/mol. The molecule has 1 aromatic carbocycles. The molecule has 7 nitrogen and oxygen atoms in total. The van der Waals surface area contributed by atoms with Gasteiger partial charge in [-0.2, -0.15) is 0 Å². The number of anilines is 1. The van der Waals surface area contributed by atoms with E-state index in [2.05, 4.69) is 26.1 Å². The van der Waals surface area contributed by atoms with E-state index in [4.69, 9.17) is 4.74 Å². The number of aliphatic hydroxyl groups is 1. The molecule has 0 bridgehead atoms. The molecule has 2 fully saturated rings. The maximum Gasteiger partial charge on any atom is 0.227 e. The van der Waals surface area contributed by atoms with Crippen LogP contribution < -0.4 is 10.2 Å². The number of ether oxygens (including phenoxy) is 1. The molecule has 2 N–H and O–H groups in total. The molecule has 27 heavy (non-hydrogen) atoms. The number of carbonyl (C=O) groups excluding carboxylic acids is 2. The van der Waals surface area contributed by atoms with Crippen molar-refractivity contribution in [3.63, 3.8) is 0 Å². The van der Waals surface area contributed by atoms with Crippen molar-refractivity contribution in [2.45, 2.75) is 18.9 Å². The second-order valence-corrected chi connectivity index (χ2v) is 8.31. The van der Waals surface area contributed by atoms with Crippen molar-refractivity contribution in [2.75, 3.05) is 50.8 Å². The summed E-state index contributed by atoms with van der Waals surface area (Å²) in [6, 6.07) is 7.48. The lowest BCUT2D eigenvalue weighted by Gasteiger charge is -2.34. The number of amides is 2. The van der Waals surface area contributed by atoms with Gasteiger partial charge in [-0.15, -0.1) is 0 Å². The molecule has 0 aliphatic carbocycles. The summed E-state index contributed by atoms with van der Waals surface area (Å²) in [5.74, 6) is -0.675. The number of β-amino-alcohol motifs (C(OH)–C–C–N with tert-alkyl or cyclic N) is 1. The van der Waals surface area contributed by atoms with E-state index in [1.54, 1.807) is 11.8 Å². The molecule has 0 radical (unpaired) electrons. The Morgan fingerprint density at radius 1 is 1.37 bits per heavy atom. The molecule has 0 saturated carbocycles. The highest BCUT2D eigenvalue weighted by molar-refractivity contribution is 9.10. The van der Waals surface area contributed by atoms with E-state index >= 15 is 0 Å². The van der Waals surface area contributed by atoms with Crippen LogP contribution in [0.1, 0.15) is 13.3 Å². The zero-order valence-corrected chi connectivity index (χ0v) is 17.1. The lowest BCUT2D eigenvalue weighted by Crippen LogP contribution is -2.52. The standard InChI is InChI=1S/C19H26BrN3O4/c1-19(26,13-22-6-8-27-9-7-22)12-21-18(25)14-10-17(24)23(11-14)16-5-3-2-4-15(16)20/h2-5,14,26H,6-13H2,1H3,(H,21,25).